The van der Waals surface area contributed by atoms with Gasteiger partial charge in [-0.05, 0) is 30.3 Å². The average Bonchev–Trinajstić information content (AvgIpc) is 2.65. The molecule has 12 heteroatoms. The third-order valence-electron chi connectivity index (χ3n) is 3.98. The van der Waals surface area contributed by atoms with Crippen molar-refractivity contribution in [3.63, 3.8) is 0 Å². The lowest BCUT2D eigenvalue weighted by Gasteiger charge is -2.26. The van der Waals surface area contributed by atoms with Crippen LogP contribution in [0.4, 0.5) is 14.5 Å². The number of halogens is 3. The quantitative estimate of drug-likeness (QED) is 0.752. The van der Waals surface area contributed by atoms with Gasteiger partial charge in [0.1, 0.15) is 15.6 Å². The molecular weight excluding hydrogens is 438 g/mol. The Morgan fingerprint density at radius 3 is 2.36 bits per heavy atom. The maximum Gasteiger partial charge on any atom is 0.264 e. The predicted octanol–water partition coefficient (Wildman–Crippen LogP) is 2.44. The maximum atomic E-state index is 14.2. The summed E-state index contributed by atoms with van der Waals surface area (Å²) >= 11 is 5.60. The van der Waals surface area contributed by atoms with Gasteiger partial charge in [0.15, 0.2) is 5.82 Å². The molecule has 1 heterocycles. The number of benzene rings is 2. The molecule has 0 aromatic heterocycles. The van der Waals surface area contributed by atoms with Gasteiger partial charge >= 0.3 is 0 Å². The molecule has 0 atom stereocenters. The molecule has 1 saturated heterocycles. The lowest BCUT2D eigenvalue weighted by Crippen LogP contribution is -2.40. The molecule has 0 amide bonds. The summed E-state index contributed by atoms with van der Waals surface area (Å²) in [4.78, 5) is -1.41. The van der Waals surface area contributed by atoms with Gasteiger partial charge in [-0.2, -0.15) is 4.31 Å². The zero-order valence-corrected chi connectivity index (χ0v) is 16.6. The van der Waals surface area contributed by atoms with E-state index in [2.05, 4.69) is 0 Å². The van der Waals surface area contributed by atoms with Crippen LogP contribution in [0.15, 0.2) is 46.2 Å². The van der Waals surface area contributed by atoms with E-state index >= 15 is 0 Å². The van der Waals surface area contributed by atoms with Gasteiger partial charge in [-0.3, -0.25) is 4.72 Å². The average molecular weight is 453 g/mol. The molecule has 28 heavy (non-hydrogen) atoms. The van der Waals surface area contributed by atoms with Crippen LogP contribution in [0.1, 0.15) is 0 Å². The van der Waals surface area contributed by atoms with Crippen molar-refractivity contribution in [1.29, 1.82) is 0 Å². The van der Waals surface area contributed by atoms with Crippen molar-refractivity contribution in [2.45, 2.75) is 9.79 Å². The van der Waals surface area contributed by atoms with Crippen LogP contribution in [0.5, 0.6) is 0 Å². The highest BCUT2D eigenvalue weighted by Crippen LogP contribution is 2.27. The summed E-state index contributed by atoms with van der Waals surface area (Å²) in [5.41, 5.74) is -0.243. The van der Waals surface area contributed by atoms with Crippen molar-refractivity contribution in [2.75, 3.05) is 31.0 Å². The zero-order chi connectivity index (χ0) is 20.5. The van der Waals surface area contributed by atoms with Crippen molar-refractivity contribution in [1.82, 2.24) is 4.31 Å². The van der Waals surface area contributed by atoms with Gasteiger partial charge in [-0.1, -0.05) is 17.7 Å². The topological polar surface area (TPSA) is 92.8 Å². The molecule has 2 aromatic rings. The SMILES string of the molecule is O=S(=O)(Nc1ccc(F)c(S(=O)(=O)N2CCOCC2)c1)c1cccc(Cl)c1F. The largest absolute Gasteiger partial charge is 0.379 e. The minimum atomic E-state index is -4.43. The van der Waals surface area contributed by atoms with Gasteiger partial charge in [-0.25, -0.2) is 25.6 Å². The van der Waals surface area contributed by atoms with Crippen LogP contribution in [-0.4, -0.2) is 47.4 Å². The number of sulfonamides is 2. The number of nitrogens with zero attached hydrogens (tertiary/aromatic N) is 1. The van der Waals surface area contributed by atoms with Crippen molar-refractivity contribution in [3.05, 3.63) is 53.1 Å². The number of hydrogen-bond donors (Lipinski definition) is 1. The third kappa shape index (κ3) is 4.13. The van der Waals surface area contributed by atoms with Crippen molar-refractivity contribution in [2.24, 2.45) is 0 Å². The Balaban J connectivity index is 1.96. The first-order chi connectivity index (χ1) is 13.1. The standard InChI is InChI=1S/C16H15ClF2N2O5S2/c17-12-2-1-3-14(16(12)19)27(22,23)20-11-4-5-13(18)15(10-11)28(24,25)21-6-8-26-9-7-21/h1-5,10,20H,6-9H2. The number of anilines is 1. The Morgan fingerprint density at radius 1 is 1.00 bits per heavy atom. The van der Waals surface area contributed by atoms with E-state index in [4.69, 9.17) is 16.3 Å². The number of nitrogens with one attached hydrogen (secondary N) is 1. The van der Waals surface area contributed by atoms with Crippen LogP contribution in [0.3, 0.4) is 0 Å². The first-order valence-electron chi connectivity index (χ1n) is 7.97. The molecule has 1 fully saturated rings. The minimum absolute atomic E-state index is 0.0471. The van der Waals surface area contributed by atoms with Crippen LogP contribution in [0.2, 0.25) is 5.02 Å². The van der Waals surface area contributed by atoms with Gasteiger partial charge in [0.2, 0.25) is 10.0 Å². The number of ether oxygens (including phenoxy) is 1. The van der Waals surface area contributed by atoms with E-state index in [1.807, 2.05) is 4.72 Å². The van der Waals surface area contributed by atoms with Gasteiger partial charge in [0.25, 0.3) is 10.0 Å². The zero-order valence-electron chi connectivity index (χ0n) is 14.2. The van der Waals surface area contributed by atoms with E-state index < -0.39 is 46.5 Å². The Bertz CT molecular complexity index is 1100. The molecule has 1 aliphatic heterocycles. The van der Waals surface area contributed by atoms with Crippen molar-refractivity contribution in [3.8, 4) is 0 Å². The van der Waals surface area contributed by atoms with Gasteiger partial charge < -0.3 is 4.74 Å². The highest BCUT2D eigenvalue weighted by atomic mass is 35.5. The fourth-order valence-corrected chi connectivity index (χ4v) is 5.47. The molecule has 0 saturated carbocycles. The molecule has 1 aliphatic rings. The highest BCUT2D eigenvalue weighted by Gasteiger charge is 2.30. The predicted molar refractivity (Wildman–Crippen MR) is 98.2 cm³/mol. The fraction of sp³-hybridized carbons (Fsp3) is 0.250. The van der Waals surface area contributed by atoms with Gasteiger partial charge in [0, 0.05) is 13.1 Å². The van der Waals surface area contributed by atoms with E-state index in [0.29, 0.717) is 0 Å². The second kappa shape index (κ2) is 7.91. The Hall–Kier alpha value is -1.79. The minimum Gasteiger partial charge on any atom is -0.379 e. The fourth-order valence-electron chi connectivity index (χ4n) is 2.59. The summed E-state index contributed by atoms with van der Waals surface area (Å²) < 4.78 is 86.6. The normalized spacial score (nSPS) is 16.1. The number of hydrogen-bond acceptors (Lipinski definition) is 5. The summed E-state index contributed by atoms with van der Waals surface area (Å²) in [5.74, 6) is -2.19. The molecule has 0 bridgehead atoms. The van der Waals surface area contributed by atoms with E-state index in [0.717, 1.165) is 28.6 Å². The van der Waals surface area contributed by atoms with E-state index in [-0.39, 0.29) is 32.0 Å². The molecule has 0 unspecified atom stereocenters. The van der Waals surface area contributed by atoms with Crippen LogP contribution in [0, 0.1) is 11.6 Å². The molecule has 0 aliphatic carbocycles. The van der Waals surface area contributed by atoms with E-state index in [9.17, 15) is 25.6 Å². The molecule has 152 valence electrons. The molecule has 2 aromatic carbocycles. The Morgan fingerprint density at radius 2 is 1.68 bits per heavy atom. The van der Waals surface area contributed by atoms with E-state index in [1.54, 1.807) is 0 Å². The third-order valence-corrected chi connectivity index (χ3v) is 7.58. The van der Waals surface area contributed by atoms with Crippen LogP contribution in [0.25, 0.3) is 0 Å². The second-order valence-electron chi connectivity index (χ2n) is 5.82. The summed E-state index contributed by atoms with van der Waals surface area (Å²) in [6.07, 6.45) is 0. The molecule has 7 nitrogen and oxygen atoms in total. The molecule has 1 N–H and O–H groups in total. The number of morpholine rings is 1. The van der Waals surface area contributed by atoms with Crippen LogP contribution >= 0.6 is 11.6 Å². The lowest BCUT2D eigenvalue weighted by molar-refractivity contribution is 0.0729. The second-order valence-corrected chi connectivity index (χ2v) is 9.78. The highest BCUT2D eigenvalue weighted by molar-refractivity contribution is 7.92. The van der Waals surface area contributed by atoms with Gasteiger partial charge in [-0.15, -0.1) is 0 Å². The molecule has 3 rings (SSSR count). The van der Waals surface area contributed by atoms with E-state index in [1.165, 1.54) is 12.1 Å². The first-order valence-corrected chi connectivity index (χ1v) is 11.3. The van der Waals surface area contributed by atoms with Crippen LogP contribution < -0.4 is 4.72 Å². The lowest BCUT2D eigenvalue weighted by atomic mass is 10.3. The molecule has 0 spiro atoms. The molecule has 0 radical (unpaired) electrons. The van der Waals surface area contributed by atoms with Crippen LogP contribution in [-0.2, 0) is 24.8 Å². The summed E-state index contributed by atoms with van der Waals surface area (Å²) in [5, 5.41) is -0.391. The Kier molecular flexibility index (Phi) is 5.92. The monoisotopic (exact) mass is 452 g/mol. The molecular formula is C16H15ClF2N2O5S2. The van der Waals surface area contributed by atoms with Gasteiger partial charge in [0.05, 0.1) is 23.9 Å². The number of rotatable bonds is 5. The first kappa shape index (κ1) is 20.9. The summed E-state index contributed by atoms with van der Waals surface area (Å²) in [6.45, 7) is 0.430. The van der Waals surface area contributed by atoms with Crippen molar-refractivity contribution < 1.29 is 30.4 Å². The summed E-state index contributed by atoms with van der Waals surface area (Å²) in [7, 11) is -8.63. The summed E-state index contributed by atoms with van der Waals surface area (Å²) in [6, 6.07) is 6.13. The smallest absolute Gasteiger partial charge is 0.264 e. The maximum absolute atomic E-state index is 14.2. The Labute approximate surface area is 166 Å². The van der Waals surface area contributed by atoms with Crippen molar-refractivity contribution >= 4 is 37.3 Å².